The topological polar surface area (TPSA) is 96.2 Å². The molecule has 0 bridgehead atoms. The first kappa shape index (κ1) is 14.5. The van der Waals surface area contributed by atoms with Crippen molar-refractivity contribution < 1.29 is 28.7 Å². The van der Waals surface area contributed by atoms with Gasteiger partial charge in [-0.3, -0.25) is 0 Å². The van der Waals surface area contributed by atoms with Crippen LogP contribution in [0.2, 0.25) is 0 Å². The van der Waals surface area contributed by atoms with E-state index in [9.17, 15) is 0 Å². The third kappa shape index (κ3) is 32.3. The average molecular weight is 202 g/mol. The molecule has 1 unspecified atom stereocenters. The van der Waals surface area contributed by atoms with Crippen LogP contribution in [0.4, 0.5) is 0 Å². The van der Waals surface area contributed by atoms with Crippen molar-refractivity contribution in [1.29, 1.82) is 0 Å². The molecule has 6 nitrogen and oxygen atoms in total. The van der Waals surface area contributed by atoms with Gasteiger partial charge in [-0.05, 0) is 6.92 Å². The summed E-state index contributed by atoms with van der Waals surface area (Å²) in [6.45, 7) is 2.64. The maximum Gasteiger partial charge on any atom is 0.466 e. The summed E-state index contributed by atoms with van der Waals surface area (Å²) in [6.07, 6.45) is 0.227. The molecule has 0 rings (SSSR count). The first-order valence-electron chi connectivity index (χ1n) is 3.11. The van der Waals surface area contributed by atoms with Crippen LogP contribution in [0.1, 0.15) is 6.92 Å². The molecule has 0 spiro atoms. The minimum Gasteiger partial charge on any atom is -0.382 e. The normalized spacial score (nSPS) is 13.2. The Morgan fingerprint density at radius 2 is 1.67 bits per heavy atom. The predicted octanol–water partition coefficient (Wildman–Crippen LogP) is -0.261. The molecule has 0 aliphatic heterocycles. The molecule has 0 amide bonds. The van der Waals surface area contributed by atoms with Crippen LogP contribution in [0, 0.1) is 0 Å². The SMILES string of the molecule is COCC(C)OC.O=P(O)(O)O. The maximum atomic E-state index is 8.88. The number of rotatable bonds is 3. The van der Waals surface area contributed by atoms with Gasteiger partial charge in [-0.15, -0.1) is 0 Å². The van der Waals surface area contributed by atoms with E-state index in [4.69, 9.17) is 28.7 Å². The van der Waals surface area contributed by atoms with E-state index < -0.39 is 7.82 Å². The molecule has 3 N–H and O–H groups in total. The molecule has 0 fully saturated rings. The Kier molecular flexibility index (Phi) is 9.30. The van der Waals surface area contributed by atoms with Gasteiger partial charge in [-0.1, -0.05) is 0 Å². The van der Waals surface area contributed by atoms with E-state index in [1.54, 1.807) is 14.2 Å². The molecule has 1 atom stereocenters. The monoisotopic (exact) mass is 202 g/mol. The van der Waals surface area contributed by atoms with Gasteiger partial charge < -0.3 is 24.2 Å². The Hall–Kier alpha value is 0.0300. The first-order chi connectivity index (χ1) is 5.31. The van der Waals surface area contributed by atoms with Crippen molar-refractivity contribution in [2.24, 2.45) is 0 Å². The summed E-state index contributed by atoms with van der Waals surface area (Å²) in [4.78, 5) is 21.6. The first-order valence-corrected chi connectivity index (χ1v) is 4.67. The lowest BCUT2D eigenvalue weighted by molar-refractivity contribution is 0.0401. The highest BCUT2D eigenvalue weighted by molar-refractivity contribution is 7.45. The Bertz CT molecular complexity index is 124. The third-order valence-corrected chi connectivity index (χ3v) is 0.804. The van der Waals surface area contributed by atoms with Gasteiger partial charge in [0.15, 0.2) is 0 Å². The average Bonchev–Trinajstić information content (AvgIpc) is 1.85. The second-order valence-electron chi connectivity index (χ2n) is 2.01. The zero-order chi connectivity index (χ0) is 10.2. The van der Waals surface area contributed by atoms with Gasteiger partial charge in [0, 0.05) is 14.2 Å². The number of methoxy groups -OCH3 is 2. The molecule has 0 aromatic heterocycles. The number of hydrogen-bond acceptors (Lipinski definition) is 3. The summed E-state index contributed by atoms with van der Waals surface area (Å²) in [5, 5.41) is 0. The van der Waals surface area contributed by atoms with Crippen molar-refractivity contribution in [2.45, 2.75) is 13.0 Å². The predicted molar refractivity (Wildman–Crippen MR) is 42.6 cm³/mol. The van der Waals surface area contributed by atoms with E-state index in [0.29, 0.717) is 6.61 Å². The molecule has 12 heavy (non-hydrogen) atoms. The van der Waals surface area contributed by atoms with Crippen molar-refractivity contribution in [2.75, 3.05) is 20.8 Å². The molecular formula is C5H15O6P. The van der Waals surface area contributed by atoms with E-state index in [2.05, 4.69) is 0 Å². The highest BCUT2D eigenvalue weighted by atomic mass is 31.2. The number of phosphoric acid groups is 1. The van der Waals surface area contributed by atoms with E-state index >= 15 is 0 Å². The van der Waals surface area contributed by atoms with Gasteiger partial charge in [0.25, 0.3) is 0 Å². The fourth-order valence-corrected chi connectivity index (χ4v) is 0.303. The van der Waals surface area contributed by atoms with Gasteiger partial charge >= 0.3 is 7.82 Å². The van der Waals surface area contributed by atoms with Crippen LogP contribution >= 0.6 is 7.82 Å². The summed E-state index contributed by atoms with van der Waals surface area (Å²) in [5.41, 5.74) is 0. The Labute approximate surface area is 71.4 Å². The second-order valence-corrected chi connectivity index (χ2v) is 3.04. The van der Waals surface area contributed by atoms with Crippen LogP contribution in [0.15, 0.2) is 0 Å². The highest BCUT2D eigenvalue weighted by Crippen LogP contribution is 2.25. The van der Waals surface area contributed by atoms with E-state index in [-0.39, 0.29) is 6.10 Å². The summed E-state index contributed by atoms with van der Waals surface area (Å²) in [7, 11) is -1.31. The standard InChI is InChI=1S/C5H12O2.H3O4P/c1-5(7-3)4-6-2;1-5(2,3)4/h5H,4H2,1-3H3;(H3,1,2,3,4). The molecule has 0 aliphatic carbocycles. The lowest BCUT2D eigenvalue weighted by Crippen LogP contribution is -2.11. The maximum absolute atomic E-state index is 8.88. The summed E-state index contributed by atoms with van der Waals surface area (Å²) in [5.74, 6) is 0. The van der Waals surface area contributed by atoms with E-state index in [1.165, 1.54) is 0 Å². The lowest BCUT2D eigenvalue weighted by Gasteiger charge is -2.05. The van der Waals surface area contributed by atoms with Crippen molar-refractivity contribution in [3.63, 3.8) is 0 Å². The summed E-state index contributed by atoms with van der Waals surface area (Å²) in [6, 6.07) is 0. The molecule has 0 saturated heterocycles. The molecule has 0 heterocycles. The molecule has 76 valence electrons. The van der Waals surface area contributed by atoms with Crippen LogP contribution in [-0.2, 0) is 14.0 Å². The zero-order valence-electron chi connectivity index (χ0n) is 7.30. The minimum absolute atomic E-state index is 0.227. The van der Waals surface area contributed by atoms with Crippen molar-refractivity contribution in [3.8, 4) is 0 Å². The molecule has 7 heteroatoms. The number of hydrogen-bond donors (Lipinski definition) is 3. The van der Waals surface area contributed by atoms with Gasteiger partial charge in [-0.2, -0.15) is 0 Å². The van der Waals surface area contributed by atoms with Crippen LogP contribution < -0.4 is 0 Å². The van der Waals surface area contributed by atoms with Gasteiger partial charge in [0.2, 0.25) is 0 Å². The zero-order valence-corrected chi connectivity index (χ0v) is 8.19. The van der Waals surface area contributed by atoms with Gasteiger partial charge in [0.1, 0.15) is 0 Å². The van der Waals surface area contributed by atoms with Crippen molar-refractivity contribution in [3.05, 3.63) is 0 Å². The number of ether oxygens (including phenoxy) is 2. The van der Waals surface area contributed by atoms with Gasteiger partial charge in [-0.25, -0.2) is 4.57 Å². The molecule has 0 aliphatic rings. The van der Waals surface area contributed by atoms with Crippen LogP contribution in [0.5, 0.6) is 0 Å². The minimum atomic E-state index is -4.64. The Morgan fingerprint density at radius 3 is 1.75 bits per heavy atom. The third-order valence-electron chi connectivity index (χ3n) is 0.804. The molecular weight excluding hydrogens is 187 g/mol. The van der Waals surface area contributed by atoms with Gasteiger partial charge in [0.05, 0.1) is 12.7 Å². The second kappa shape index (κ2) is 7.67. The van der Waals surface area contributed by atoms with Crippen molar-refractivity contribution in [1.82, 2.24) is 0 Å². The lowest BCUT2D eigenvalue weighted by atomic mass is 10.4. The highest BCUT2D eigenvalue weighted by Gasteiger charge is 2.00. The molecule has 0 aromatic rings. The van der Waals surface area contributed by atoms with E-state index in [0.717, 1.165) is 0 Å². The Balaban J connectivity index is 0. The Morgan fingerprint density at radius 1 is 1.33 bits per heavy atom. The quantitative estimate of drug-likeness (QED) is 0.545. The molecule has 0 saturated carbocycles. The molecule has 0 radical (unpaired) electrons. The van der Waals surface area contributed by atoms with E-state index in [1.807, 2.05) is 6.92 Å². The smallest absolute Gasteiger partial charge is 0.382 e. The van der Waals surface area contributed by atoms with Crippen LogP contribution in [-0.4, -0.2) is 41.6 Å². The van der Waals surface area contributed by atoms with Crippen molar-refractivity contribution >= 4 is 7.82 Å². The summed E-state index contributed by atoms with van der Waals surface area (Å²) < 4.78 is 18.5. The fraction of sp³-hybridized carbons (Fsp3) is 1.00. The van der Waals surface area contributed by atoms with Crippen LogP contribution in [0.3, 0.4) is 0 Å². The largest absolute Gasteiger partial charge is 0.466 e. The molecule has 0 aromatic carbocycles. The summed E-state index contributed by atoms with van der Waals surface area (Å²) >= 11 is 0. The van der Waals surface area contributed by atoms with Crippen LogP contribution in [0.25, 0.3) is 0 Å². The fourth-order valence-electron chi connectivity index (χ4n) is 0.303.